The van der Waals surface area contributed by atoms with Crippen LogP contribution in [0.15, 0.2) is 36.4 Å². The Hall–Kier alpha value is -2.34. The summed E-state index contributed by atoms with van der Waals surface area (Å²) in [6.07, 6.45) is 0.344. The van der Waals surface area contributed by atoms with Crippen molar-refractivity contribution in [2.24, 2.45) is 0 Å². The lowest BCUT2D eigenvalue weighted by atomic mass is 10.1. The Morgan fingerprint density at radius 3 is 2.71 bits per heavy atom. The summed E-state index contributed by atoms with van der Waals surface area (Å²) in [7, 11) is 0. The maximum absolute atomic E-state index is 11.2. The van der Waals surface area contributed by atoms with Crippen molar-refractivity contribution in [2.75, 3.05) is 0 Å². The first-order chi connectivity index (χ1) is 8.22. The van der Waals surface area contributed by atoms with Gasteiger partial charge in [-0.25, -0.2) is 0 Å². The first-order valence-corrected chi connectivity index (χ1v) is 5.37. The highest BCUT2D eigenvalue weighted by Gasteiger charge is 2.03. The van der Waals surface area contributed by atoms with E-state index in [1.165, 1.54) is 0 Å². The van der Waals surface area contributed by atoms with Gasteiger partial charge in [-0.05, 0) is 35.0 Å². The molecule has 2 aromatic rings. The molecule has 0 saturated carbocycles. The van der Waals surface area contributed by atoms with Gasteiger partial charge in [0.1, 0.15) is 5.75 Å². The zero-order valence-corrected chi connectivity index (χ0v) is 9.43. The van der Waals surface area contributed by atoms with E-state index in [1.54, 1.807) is 31.2 Å². The van der Waals surface area contributed by atoms with Gasteiger partial charge in [-0.2, -0.15) is 5.26 Å². The van der Waals surface area contributed by atoms with Gasteiger partial charge in [-0.15, -0.1) is 0 Å². The Morgan fingerprint density at radius 1 is 1.24 bits per heavy atom. The van der Waals surface area contributed by atoms with Gasteiger partial charge in [-0.3, -0.25) is 4.79 Å². The summed E-state index contributed by atoms with van der Waals surface area (Å²) in [6, 6.07) is 12.9. The van der Waals surface area contributed by atoms with E-state index in [-0.39, 0.29) is 5.97 Å². The fraction of sp³-hybridized carbons (Fsp3) is 0.143. The number of rotatable bonds is 2. The number of esters is 1. The fourth-order valence-electron chi connectivity index (χ4n) is 1.56. The van der Waals surface area contributed by atoms with E-state index in [9.17, 15) is 4.79 Å². The molecule has 0 fully saturated rings. The molecule has 0 aliphatic heterocycles. The molecule has 0 amide bonds. The molecular weight excluding hydrogens is 214 g/mol. The third-order valence-electron chi connectivity index (χ3n) is 2.46. The minimum absolute atomic E-state index is 0.263. The average molecular weight is 225 g/mol. The number of benzene rings is 2. The smallest absolute Gasteiger partial charge is 0.310 e. The zero-order chi connectivity index (χ0) is 12.3. The number of carbonyl (C=O) groups is 1. The molecule has 0 spiro atoms. The monoisotopic (exact) mass is 225 g/mol. The van der Waals surface area contributed by atoms with Crippen molar-refractivity contribution in [3.63, 3.8) is 0 Å². The Labute approximate surface area is 99.2 Å². The summed E-state index contributed by atoms with van der Waals surface area (Å²) in [5, 5.41) is 10.7. The summed E-state index contributed by atoms with van der Waals surface area (Å²) in [4.78, 5) is 11.2. The SMILES string of the molecule is CCC(=O)Oc1ccc2ccc(C#N)cc2c1. The van der Waals surface area contributed by atoms with E-state index < -0.39 is 0 Å². The van der Waals surface area contributed by atoms with Gasteiger partial charge in [-0.1, -0.05) is 19.1 Å². The highest BCUT2D eigenvalue weighted by atomic mass is 16.5. The maximum atomic E-state index is 11.2. The molecule has 0 saturated heterocycles. The minimum atomic E-state index is -0.263. The Kier molecular flexibility index (Phi) is 3.06. The van der Waals surface area contributed by atoms with Crippen LogP contribution in [0.4, 0.5) is 0 Å². The number of hydrogen-bond donors (Lipinski definition) is 0. The predicted molar refractivity (Wildman–Crippen MR) is 64.6 cm³/mol. The van der Waals surface area contributed by atoms with Gasteiger partial charge >= 0.3 is 5.97 Å². The van der Waals surface area contributed by atoms with Crippen LogP contribution in [0, 0.1) is 11.3 Å². The van der Waals surface area contributed by atoms with Crippen molar-refractivity contribution in [3.05, 3.63) is 42.0 Å². The summed E-state index contributed by atoms with van der Waals surface area (Å²) in [6.45, 7) is 1.75. The van der Waals surface area contributed by atoms with Gasteiger partial charge in [0.15, 0.2) is 0 Å². The van der Waals surface area contributed by atoms with Gasteiger partial charge < -0.3 is 4.74 Å². The van der Waals surface area contributed by atoms with Crippen molar-refractivity contribution >= 4 is 16.7 Å². The largest absolute Gasteiger partial charge is 0.427 e. The van der Waals surface area contributed by atoms with Crippen LogP contribution in [0.3, 0.4) is 0 Å². The van der Waals surface area contributed by atoms with Gasteiger partial charge in [0.25, 0.3) is 0 Å². The summed E-state index contributed by atoms with van der Waals surface area (Å²) >= 11 is 0. The number of fused-ring (bicyclic) bond motifs is 1. The average Bonchev–Trinajstić information content (AvgIpc) is 2.37. The zero-order valence-electron chi connectivity index (χ0n) is 9.43. The molecule has 17 heavy (non-hydrogen) atoms. The quantitative estimate of drug-likeness (QED) is 0.583. The number of hydrogen-bond acceptors (Lipinski definition) is 3. The van der Waals surface area contributed by atoms with E-state index >= 15 is 0 Å². The van der Waals surface area contributed by atoms with Crippen LogP contribution in [-0.4, -0.2) is 5.97 Å². The molecule has 3 heteroatoms. The van der Waals surface area contributed by atoms with E-state index in [0.717, 1.165) is 10.8 Å². The highest BCUT2D eigenvalue weighted by Crippen LogP contribution is 2.22. The van der Waals surface area contributed by atoms with Crippen LogP contribution in [0.25, 0.3) is 10.8 Å². The lowest BCUT2D eigenvalue weighted by Gasteiger charge is -2.04. The van der Waals surface area contributed by atoms with Gasteiger partial charge in [0.2, 0.25) is 0 Å². The Balaban J connectivity index is 2.42. The lowest BCUT2D eigenvalue weighted by molar-refractivity contribution is -0.134. The van der Waals surface area contributed by atoms with Crippen LogP contribution in [0.2, 0.25) is 0 Å². The molecule has 3 nitrogen and oxygen atoms in total. The van der Waals surface area contributed by atoms with Crippen LogP contribution >= 0.6 is 0 Å². The van der Waals surface area contributed by atoms with Crippen molar-refractivity contribution in [1.82, 2.24) is 0 Å². The van der Waals surface area contributed by atoms with Gasteiger partial charge in [0.05, 0.1) is 11.6 Å². The third kappa shape index (κ3) is 2.43. The first-order valence-electron chi connectivity index (χ1n) is 5.37. The van der Waals surface area contributed by atoms with Crippen molar-refractivity contribution < 1.29 is 9.53 Å². The fourth-order valence-corrected chi connectivity index (χ4v) is 1.56. The molecule has 0 bridgehead atoms. The molecule has 0 aromatic heterocycles. The Bertz CT molecular complexity index is 611. The molecule has 0 N–H and O–H groups in total. The van der Waals surface area contributed by atoms with Crippen LogP contribution in [0.1, 0.15) is 18.9 Å². The molecule has 2 rings (SSSR count). The molecular formula is C14H11NO2. The molecule has 2 aromatic carbocycles. The standard InChI is InChI=1S/C14H11NO2/c1-2-14(16)17-13-6-5-11-4-3-10(9-15)7-12(11)8-13/h3-8H,2H2,1H3. The normalized spacial score (nSPS) is 9.88. The number of ether oxygens (including phenoxy) is 1. The molecule has 84 valence electrons. The van der Waals surface area contributed by atoms with Crippen molar-refractivity contribution in [1.29, 1.82) is 5.26 Å². The van der Waals surface area contributed by atoms with E-state index in [0.29, 0.717) is 17.7 Å². The Morgan fingerprint density at radius 2 is 2.00 bits per heavy atom. The number of nitriles is 1. The summed E-state index contributed by atoms with van der Waals surface area (Å²) in [5.41, 5.74) is 0.594. The van der Waals surface area contributed by atoms with E-state index in [4.69, 9.17) is 10.00 Å². The van der Waals surface area contributed by atoms with Crippen LogP contribution < -0.4 is 4.74 Å². The number of carbonyl (C=O) groups excluding carboxylic acids is 1. The van der Waals surface area contributed by atoms with Crippen LogP contribution in [-0.2, 0) is 4.79 Å². The third-order valence-corrected chi connectivity index (χ3v) is 2.46. The minimum Gasteiger partial charge on any atom is -0.427 e. The van der Waals surface area contributed by atoms with E-state index in [1.807, 2.05) is 12.1 Å². The van der Waals surface area contributed by atoms with E-state index in [2.05, 4.69) is 6.07 Å². The highest BCUT2D eigenvalue weighted by molar-refractivity contribution is 5.86. The van der Waals surface area contributed by atoms with Crippen molar-refractivity contribution in [3.8, 4) is 11.8 Å². The summed E-state index contributed by atoms with van der Waals surface area (Å²) < 4.78 is 5.12. The maximum Gasteiger partial charge on any atom is 0.310 e. The van der Waals surface area contributed by atoms with Gasteiger partial charge in [0, 0.05) is 6.42 Å². The molecule has 0 radical (unpaired) electrons. The second kappa shape index (κ2) is 4.67. The first kappa shape index (κ1) is 11.2. The molecule has 0 heterocycles. The molecule has 0 atom stereocenters. The topological polar surface area (TPSA) is 50.1 Å². The van der Waals surface area contributed by atoms with Crippen LogP contribution in [0.5, 0.6) is 5.75 Å². The molecule has 0 aliphatic rings. The molecule has 0 unspecified atom stereocenters. The summed E-state index contributed by atoms with van der Waals surface area (Å²) in [5.74, 6) is 0.250. The number of nitrogens with zero attached hydrogens (tertiary/aromatic N) is 1. The molecule has 0 aliphatic carbocycles. The van der Waals surface area contributed by atoms with Crippen molar-refractivity contribution in [2.45, 2.75) is 13.3 Å². The lowest BCUT2D eigenvalue weighted by Crippen LogP contribution is -2.05. The second-order valence-corrected chi connectivity index (χ2v) is 3.66. The predicted octanol–water partition coefficient (Wildman–Crippen LogP) is 3.03. The second-order valence-electron chi connectivity index (χ2n) is 3.66.